The van der Waals surface area contributed by atoms with Crippen LogP contribution in [0.25, 0.3) is 11.0 Å². The van der Waals surface area contributed by atoms with E-state index in [9.17, 15) is 9.59 Å². The lowest BCUT2D eigenvalue weighted by molar-refractivity contribution is -0.156. The minimum Gasteiger partial charge on any atom is -0.472 e. The van der Waals surface area contributed by atoms with Gasteiger partial charge >= 0.3 is 5.97 Å². The largest absolute Gasteiger partial charge is 0.472 e. The van der Waals surface area contributed by atoms with E-state index in [4.69, 9.17) is 77.0 Å². The number of carbonyl (C=O) groups is 2. The quantitative estimate of drug-likeness (QED) is 0.0583. The zero-order valence-electron chi connectivity index (χ0n) is 45.2. The van der Waals surface area contributed by atoms with E-state index in [1.807, 2.05) is 46.8 Å². The van der Waals surface area contributed by atoms with E-state index in [0.29, 0.717) is 183 Å². The van der Waals surface area contributed by atoms with Crippen molar-refractivity contribution in [3.05, 3.63) is 41.2 Å². The average molecular weight is 1050 g/mol. The molecule has 22 nitrogen and oxygen atoms in total. The molecule has 2 aromatic heterocycles. The zero-order chi connectivity index (χ0) is 53.3. The lowest BCUT2D eigenvalue weighted by atomic mass is 10.1. The fraction of sp³-hybridized carbons (Fsp3) is 0.750. The Bertz CT molecular complexity index is 1880. The van der Waals surface area contributed by atoms with Gasteiger partial charge in [0.05, 0.1) is 171 Å². The van der Waals surface area contributed by atoms with Crippen LogP contribution in [0, 0.1) is 0 Å². The number of hydrogen-bond donors (Lipinski definition) is 2. The fourth-order valence-corrected chi connectivity index (χ4v) is 6.56. The van der Waals surface area contributed by atoms with Crippen LogP contribution in [0.3, 0.4) is 0 Å². The number of nitrogens with zero attached hydrogens (tertiary/aromatic N) is 4. The van der Waals surface area contributed by atoms with Crippen LogP contribution >= 0.6 is 0 Å². The van der Waals surface area contributed by atoms with E-state index in [-0.39, 0.29) is 36.6 Å². The molecule has 0 aliphatic rings. The SMILES string of the molecule is CCCCc1nc2c(N)nnc(OC(C)C)c2n1Cc1ccc(CNC(=O)CCOCCOCCOCCOCCOCCOCCOCCOCCOCCOCCOCCOCCC(=O)OC(C)(C)C)cc1. The Hall–Kier alpha value is -4.17. The van der Waals surface area contributed by atoms with Gasteiger partial charge in [-0.1, -0.05) is 37.6 Å². The Morgan fingerprint density at radius 1 is 0.581 bits per heavy atom. The molecule has 0 aliphatic carbocycles. The Kier molecular flexibility index (Phi) is 35.6. The third kappa shape index (κ3) is 31.7. The summed E-state index contributed by atoms with van der Waals surface area (Å²) in [5.74, 6) is 1.26. The van der Waals surface area contributed by atoms with Crippen molar-refractivity contribution < 1.29 is 75.9 Å². The summed E-state index contributed by atoms with van der Waals surface area (Å²) in [6.45, 7) is 23.2. The molecule has 2 heterocycles. The maximum Gasteiger partial charge on any atom is 0.308 e. The molecule has 0 saturated carbocycles. The third-order valence-corrected chi connectivity index (χ3v) is 10.1. The van der Waals surface area contributed by atoms with Crippen LogP contribution < -0.4 is 15.8 Å². The highest BCUT2D eigenvalue weighted by molar-refractivity contribution is 5.88. The second-order valence-electron chi connectivity index (χ2n) is 18.0. The predicted molar refractivity (Wildman–Crippen MR) is 276 cm³/mol. The predicted octanol–water partition coefficient (Wildman–Crippen LogP) is 4.52. The molecule has 1 amide bonds. The topological polar surface area (TPSA) is 245 Å². The van der Waals surface area contributed by atoms with E-state index in [0.717, 1.165) is 41.7 Å². The van der Waals surface area contributed by atoms with Crippen molar-refractivity contribution in [3.8, 4) is 5.88 Å². The number of hydrogen-bond acceptors (Lipinski definition) is 20. The second-order valence-corrected chi connectivity index (χ2v) is 18.0. The first-order valence-corrected chi connectivity index (χ1v) is 26.1. The zero-order valence-corrected chi connectivity index (χ0v) is 45.2. The average Bonchev–Trinajstić information content (AvgIpc) is 3.73. The summed E-state index contributed by atoms with van der Waals surface area (Å²) >= 11 is 0. The number of nitrogen functional groups attached to an aromatic ring is 1. The minimum absolute atomic E-state index is 0.0820. The van der Waals surface area contributed by atoms with Crippen molar-refractivity contribution in [2.45, 2.75) is 98.4 Å². The monoisotopic (exact) mass is 1050 g/mol. The minimum atomic E-state index is -0.484. The number of carbonyl (C=O) groups excluding carboxylic acids is 2. The number of rotatable bonds is 48. The summed E-state index contributed by atoms with van der Waals surface area (Å²) < 4.78 is 79.4. The maximum absolute atomic E-state index is 12.5. The molecule has 0 spiro atoms. The van der Waals surface area contributed by atoms with Gasteiger partial charge in [-0.15, -0.1) is 10.2 Å². The van der Waals surface area contributed by atoms with Crippen LogP contribution in [-0.4, -0.2) is 202 Å². The maximum atomic E-state index is 12.5. The summed E-state index contributed by atoms with van der Waals surface area (Å²) in [5.41, 5.74) is 9.13. The first-order valence-electron chi connectivity index (χ1n) is 26.1. The van der Waals surface area contributed by atoms with Crippen molar-refractivity contribution in [1.29, 1.82) is 0 Å². The summed E-state index contributed by atoms with van der Waals surface area (Å²) in [4.78, 5) is 28.9. The molecular weight excluding hydrogens is 965 g/mol. The Balaban J connectivity index is 1.00. The van der Waals surface area contributed by atoms with Gasteiger partial charge in [0.2, 0.25) is 5.91 Å². The van der Waals surface area contributed by atoms with Gasteiger partial charge in [0.1, 0.15) is 22.5 Å². The lowest BCUT2D eigenvalue weighted by Gasteiger charge is -2.19. The number of benzene rings is 1. The van der Waals surface area contributed by atoms with Crippen molar-refractivity contribution in [1.82, 2.24) is 25.1 Å². The van der Waals surface area contributed by atoms with E-state index < -0.39 is 5.60 Å². The molecule has 0 fully saturated rings. The molecule has 0 saturated heterocycles. The Labute approximate surface area is 438 Å². The molecule has 74 heavy (non-hydrogen) atoms. The highest BCUT2D eigenvalue weighted by atomic mass is 16.6. The summed E-state index contributed by atoms with van der Waals surface area (Å²) in [6.07, 6.45) is 3.23. The number of ether oxygens (including phenoxy) is 14. The van der Waals surface area contributed by atoms with Crippen molar-refractivity contribution in [2.75, 3.05) is 164 Å². The van der Waals surface area contributed by atoms with Crippen molar-refractivity contribution in [2.24, 2.45) is 0 Å². The Morgan fingerprint density at radius 3 is 1.36 bits per heavy atom. The van der Waals surface area contributed by atoms with Crippen LogP contribution in [0.5, 0.6) is 5.88 Å². The van der Waals surface area contributed by atoms with Gasteiger partial charge < -0.3 is 81.9 Å². The summed E-state index contributed by atoms with van der Waals surface area (Å²) in [5, 5.41) is 11.3. The number of nitrogens with two attached hydrogens (primary N) is 1. The number of amides is 1. The van der Waals surface area contributed by atoms with Gasteiger partial charge in [-0.25, -0.2) is 4.98 Å². The molecule has 3 N–H and O–H groups in total. The number of nitrogens with one attached hydrogen (secondary N) is 1. The number of aryl methyl sites for hydroxylation is 1. The molecule has 22 heteroatoms. The van der Waals surface area contributed by atoms with Crippen LogP contribution in [0.2, 0.25) is 0 Å². The van der Waals surface area contributed by atoms with Crippen molar-refractivity contribution in [3.63, 3.8) is 0 Å². The first kappa shape index (κ1) is 64.1. The highest BCUT2D eigenvalue weighted by Crippen LogP contribution is 2.29. The summed E-state index contributed by atoms with van der Waals surface area (Å²) in [6, 6.07) is 8.14. The van der Waals surface area contributed by atoms with Crippen molar-refractivity contribution >= 4 is 28.7 Å². The standard InChI is InChI=1S/C52H88N6O16/c1-7-8-9-45-55-48-49(51(73-42(2)3)57-56-50(48)53)58(45)41-44-12-10-43(11-13-44)40-54-46(59)14-16-61-18-20-63-22-24-65-26-28-67-30-32-69-34-36-71-38-39-72-37-35-70-33-31-68-29-27-66-25-23-64-21-19-62-17-15-47(60)74-52(4,5)6/h10-13,42H,7-9,14-41H2,1-6H3,(H2,53,56)(H,54,59). The van der Waals surface area contributed by atoms with Gasteiger partial charge in [-0.2, -0.15) is 0 Å². The number of unbranched alkanes of at least 4 members (excludes halogenated alkanes) is 1. The molecule has 422 valence electrons. The van der Waals surface area contributed by atoms with Crippen LogP contribution in [-0.2, 0) is 90.7 Å². The van der Waals surface area contributed by atoms with Gasteiger partial charge in [0, 0.05) is 25.9 Å². The molecular formula is C52H88N6O16. The highest BCUT2D eigenvalue weighted by Gasteiger charge is 2.21. The molecule has 0 bridgehead atoms. The van der Waals surface area contributed by atoms with Crippen LogP contribution in [0.15, 0.2) is 24.3 Å². The number of aromatic nitrogens is 4. The van der Waals surface area contributed by atoms with E-state index in [1.165, 1.54) is 0 Å². The van der Waals surface area contributed by atoms with Crippen LogP contribution in [0.1, 0.15) is 84.2 Å². The van der Waals surface area contributed by atoms with Gasteiger partial charge in [-0.3, -0.25) is 9.59 Å². The number of imidazole rings is 1. The van der Waals surface area contributed by atoms with Gasteiger partial charge in [-0.05, 0) is 52.2 Å². The first-order chi connectivity index (χ1) is 36.0. The van der Waals surface area contributed by atoms with Gasteiger partial charge in [0.25, 0.3) is 5.88 Å². The van der Waals surface area contributed by atoms with Crippen LogP contribution in [0.4, 0.5) is 5.82 Å². The molecule has 0 radical (unpaired) electrons. The normalized spacial score (nSPS) is 11.8. The number of fused-ring (bicyclic) bond motifs is 1. The number of anilines is 1. The molecule has 3 rings (SSSR count). The van der Waals surface area contributed by atoms with Gasteiger partial charge in [0.15, 0.2) is 5.82 Å². The van der Waals surface area contributed by atoms with E-state index in [2.05, 4.69) is 39.1 Å². The molecule has 0 aliphatic heterocycles. The molecule has 0 unspecified atom stereocenters. The molecule has 0 atom stereocenters. The lowest BCUT2D eigenvalue weighted by Crippen LogP contribution is -2.24. The Morgan fingerprint density at radius 2 is 0.973 bits per heavy atom. The van der Waals surface area contributed by atoms with E-state index in [1.54, 1.807) is 0 Å². The fourth-order valence-electron chi connectivity index (χ4n) is 6.56. The van der Waals surface area contributed by atoms with E-state index >= 15 is 0 Å². The number of esters is 1. The molecule has 1 aromatic carbocycles. The molecule has 3 aromatic rings. The third-order valence-electron chi connectivity index (χ3n) is 10.1. The summed E-state index contributed by atoms with van der Waals surface area (Å²) in [7, 11) is 0. The second kappa shape index (κ2) is 41.1. The smallest absolute Gasteiger partial charge is 0.308 e.